The van der Waals surface area contributed by atoms with Gasteiger partial charge < -0.3 is 5.32 Å². The lowest BCUT2D eigenvalue weighted by Crippen LogP contribution is -2.14. The summed E-state index contributed by atoms with van der Waals surface area (Å²) in [5.41, 5.74) is 2.01. The molecule has 1 aromatic heterocycles. The Balaban J connectivity index is 1.67. The Hall–Kier alpha value is -2.36. The highest BCUT2D eigenvalue weighted by molar-refractivity contribution is 6.01. The van der Waals surface area contributed by atoms with Gasteiger partial charge in [0.15, 0.2) is 0 Å². The highest BCUT2D eigenvalue weighted by atomic mass is 16.1. The number of hydrogen-bond acceptors (Lipinski definition) is 2. The Morgan fingerprint density at radius 3 is 2.86 bits per heavy atom. The standard InChI is InChI=1S/C17H19N3O/c1-13-11-18-20(12-15-7-8-15)17(13)19-16(21)10-9-14-5-3-2-4-6-14/h2-6,9-11,15H,7-8,12H2,1H3,(H,19,21)/b10-9-. The summed E-state index contributed by atoms with van der Waals surface area (Å²) in [4.78, 5) is 12.1. The van der Waals surface area contributed by atoms with Crippen molar-refractivity contribution in [2.75, 3.05) is 5.32 Å². The van der Waals surface area contributed by atoms with Crippen molar-refractivity contribution in [2.24, 2.45) is 5.92 Å². The third-order valence-electron chi connectivity index (χ3n) is 3.62. The van der Waals surface area contributed by atoms with E-state index in [1.807, 2.05) is 48.0 Å². The van der Waals surface area contributed by atoms with Gasteiger partial charge in [0.1, 0.15) is 5.82 Å². The molecule has 21 heavy (non-hydrogen) atoms. The molecular weight excluding hydrogens is 262 g/mol. The Morgan fingerprint density at radius 2 is 2.14 bits per heavy atom. The summed E-state index contributed by atoms with van der Waals surface area (Å²) in [6.07, 6.45) is 7.70. The van der Waals surface area contributed by atoms with Crippen LogP contribution in [0.4, 0.5) is 5.82 Å². The molecule has 1 saturated carbocycles. The van der Waals surface area contributed by atoms with Gasteiger partial charge in [0.25, 0.3) is 0 Å². The molecule has 0 spiro atoms. The molecule has 2 aromatic rings. The fourth-order valence-electron chi connectivity index (χ4n) is 2.22. The zero-order valence-corrected chi connectivity index (χ0v) is 12.1. The summed E-state index contributed by atoms with van der Waals surface area (Å²) in [7, 11) is 0. The molecule has 0 saturated heterocycles. The first-order valence-electron chi connectivity index (χ1n) is 7.29. The first-order chi connectivity index (χ1) is 10.2. The van der Waals surface area contributed by atoms with Crippen molar-refractivity contribution in [3.8, 4) is 0 Å². The van der Waals surface area contributed by atoms with Crippen molar-refractivity contribution in [1.29, 1.82) is 0 Å². The van der Waals surface area contributed by atoms with Gasteiger partial charge in [-0.2, -0.15) is 5.10 Å². The van der Waals surface area contributed by atoms with Crippen LogP contribution < -0.4 is 5.32 Å². The number of aromatic nitrogens is 2. The molecule has 1 amide bonds. The topological polar surface area (TPSA) is 46.9 Å². The van der Waals surface area contributed by atoms with Crippen LogP contribution in [0.25, 0.3) is 6.08 Å². The van der Waals surface area contributed by atoms with Crippen molar-refractivity contribution in [1.82, 2.24) is 9.78 Å². The second-order valence-electron chi connectivity index (χ2n) is 5.53. The minimum atomic E-state index is -0.125. The van der Waals surface area contributed by atoms with Gasteiger partial charge >= 0.3 is 0 Å². The van der Waals surface area contributed by atoms with Gasteiger partial charge in [0, 0.05) is 18.2 Å². The first-order valence-corrected chi connectivity index (χ1v) is 7.29. The Kier molecular flexibility index (Phi) is 3.86. The number of carbonyl (C=O) groups excluding carboxylic acids is 1. The predicted octanol–water partition coefficient (Wildman–Crippen LogP) is 3.25. The number of carbonyl (C=O) groups is 1. The van der Waals surface area contributed by atoms with Crippen molar-refractivity contribution in [3.05, 3.63) is 53.7 Å². The highest BCUT2D eigenvalue weighted by Gasteiger charge is 2.23. The monoisotopic (exact) mass is 281 g/mol. The van der Waals surface area contributed by atoms with Crippen LogP contribution in [0, 0.1) is 12.8 Å². The summed E-state index contributed by atoms with van der Waals surface area (Å²) < 4.78 is 1.90. The molecule has 1 aliphatic rings. The third-order valence-corrected chi connectivity index (χ3v) is 3.62. The molecule has 3 rings (SSSR count). The molecule has 0 aliphatic heterocycles. The zero-order valence-electron chi connectivity index (χ0n) is 12.1. The largest absolute Gasteiger partial charge is 0.307 e. The van der Waals surface area contributed by atoms with Crippen LogP contribution in [0.5, 0.6) is 0 Å². The average molecular weight is 281 g/mol. The van der Waals surface area contributed by atoms with E-state index in [4.69, 9.17) is 0 Å². The van der Waals surface area contributed by atoms with E-state index in [1.54, 1.807) is 12.3 Å². The number of nitrogens with one attached hydrogen (secondary N) is 1. The molecule has 0 unspecified atom stereocenters. The van der Waals surface area contributed by atoms with E-state index in [0.717, 1.165) is 29.4 Å². The smallest absolute Gasteiger partial charge is 0.249 e. The van der Waals surface area contributed by atoms with E-state index < -0.39 is 0 Å². The molecule has 4 heteroatoms. The van der Waals surface area contributed by atoms with Crippen molar-refractivity contribution < 1.29 is 4.79 Å². The van der Waals surface area contributed by atoms with Gasteiger partial charge in [0.05, 0.1) is 6.20 Å². The molecule has 0 radical (unpaired) electrons. The van der Waals surface area contributed by atoms with Crippen LogP contribution in [-0.4, -0.2) is 15.7 Å². The Labute approximate surface area is 124 Å². The number of aryl methyl sites for hydroxylation is 1. The molecule has 1 aliphatic carbocycles. The van der Waals surface area contributed by atoms with Gasteiger partial charge in [-0.3, -0.25) is 4.79 Å². The molecule has 1 fully saturated rings. The van der Waals surface area contributed by atoms with Crippen molar-refractivity contribution in [2.45, 2.75) is 26.3 Å². The van der Waals surface area contributed by atoms with Crippen LogP contribution in [-0.2, 0) is 11.3 Å². The van der Waals surface area contributed by atoms with Crippen molar-refractivity contribution in [3.63, 3.8) is 0 Å². The summed E-state index contributed by atoms with van der Waals surface area (Å²) in [5, 5.41) is 7.28. The molecule has 0 atom stereocenters. The van der Waals surface area contributed by atoms with Gasteiger partial charge in [0.2, 0.25) is 5.91 Å². The number of hydrogen-bond donors (Lipinski definition) is 1. The number of nitrogens with zero attached hydrogens (tertiary/aromatic N) is 2. The molecule has 4 nitrogen and oxygen atoms in total. The molecular formula is C17H19N3O. The molecule has 1 heterocycles. The lowest BCUT2D eigenvalue weighted by atomic mass is 10.2. The SMILES string of the molecule is Cc1cnn(CC2CC2)c1NC(=O)/C=C\c1ccccc1. The lowest BCUT2D eigenvalue weighted by molar-refractivity contribution is -0.111. The van der Waals surface area contributed by atoms with E-state index >= 15 is 0 Å². The van der Waals surface area contributed by atoms with Crippen LogP contribution in [0.2, 0.25) is 0 Å². The van der Waals surface area contributed by atoms with Crippen molar-refractivity contribution >= 4 is 17.8 Å². The predicted molar refractivity (Wildman–Crippen MR) is 83.8 cm³/mol. The Bertz CT molecular complexity index is 654. The van der Waals surface area contributed by atoms with Crippen LogP contribution >= 0.6 is 0 Å². The molecule has 108 valence electrons. The number of benzene rings is 1. The van der Waals surface area contributed by atoms with E-state index in [-0.39, 0.29) is 5.91 Å². The highest BCUT2D eigenvalue weighted by Crippen LogP contribution is 2.31. The number of amides is 1. The zero-order chi connectivity index (χ0) is 14.7. The fraction of sp³-hybridized carbons (Fsp3) is 0.294. The first kappa shape index (κ1) is 13.6. The van der Waals surface area contributed by atoms with E-state index in [9.17, 15) is 4.79 Å². The average Bonchev–Trinajstić information content (AvgIpc) is 3.26. The normalized spacial score (nSPS) is 14.5. The van der Waals surface area contributed by atoms with Crippen LogP contribution in [0.3, 0.4) is 0 Å². The van der Waals surface area contributed by atoms with E-state index in [2.05, 4.69) is 10.4 Å². The van der Waals surface area contributed by atoms with Gasteiger partial charge in [-0.1, -0.05) is 30.3 Å². The quantitative estimate of drug-likeness (QED) is 0.855. The summed E-state index contributed by atoms with van der Waals surface area (Å²) >= 11 is 0. The minimum Gasteiger partial charge on any atom is -0.307 e. The summed E-state index contributed by atoms with van der Waals surface area (Å²) in [5.74, 6) is 1.41. The van der Waals surface area contributed by atoms with Gasteiger partial charge in [-0.25, -0.2) is 4.68 Å². The second-order valence-corrected chi connectivity index (χ2v) is 5.53. The number of anilines is 1. The minimum absolute atomic E-state index is 0.125. The number of rotatable bonds is 5. The third kappa shape index (κ3) is 3.60. The molecule has 0 bridgehead atoms. The van der Waals surface area contributed by atoms with Gasteiger partial charge in [-0.05, 0) is 37.3 Å². The lowest BCUT2D eigenvalue weighted by Gasteiger charge is -2.08. The van der Waals surface area contributed by atoms with E-state index in [0.29, 0.717) is 0 Å². The second kappa shape index (κ2) is 5.95. The summed E-state index contributed by atoms with van der Waals surface area (Å²) in [6.45, 7) is 2.86. The van der Waals surface area contributed by atoms with Gasteiger partial charge in [-0.15, -0.1) is 0 Å². The summed E-state index contributed by atoms with van der Waals surface area (Å²) in [6, 6.07) is 9.79. The maximum absolute atomic E-state index is 12.1. The van der Waals surface area contributed by atoms with Crippen LogP contribution in [0.15, 0.2) is 42.6 Å². The van der Waals surface area contributed by atoms with Crippen LogP contribution in [0.1, 0.15) is 24.0 Å². The van der Waals surface area contributed by atoms with E-state index in [1.165, 1.54) is 12.8 Å². The maximum atomic E-state index is 12.1. The molecule has 1 aromatic carbocycles. The Morgan fingerprint density at radius 1 is 1.38 bits per heavy atom. The fourth-order valence-corrected chi connectivity index (χ4v) is 2.22. The maximum Gasteiger partial charge on any atom is 0.249 e. The molecule has 1 N–H and O–H groups in total.